The van der Waals surface area contributed by atoms with Crippen LogP contribution < -0.4 is 5.73 Å². The zero-order chi connectivity index (χ0) is 14.8. The van der Waals surface area contributed by atoms with E-state index in [-0.39, 0.29) is 22.7 Å². The van der Waals surface area contributed by atoms with Gasteiger partial charge in [0.25, 0.3) is 0 Å². The molecule has 4 rings (SSSR count). The molecule has 0 radical (unpaired) electrons. The number of primary amides is 1. The molecule has 4 atom stereocenters. The van der Waals surface area contributed by atoms with E-state index in [0.717, 1.165) is 32.1 Å². The molecule has 4 heteroatoms. The van der Waals surface area contributed by atoms with Crippen LogP contribution in [0.1, 0.15) is 59.3 Å². The molecule has 0 spiro atoms. The molecular formula is C16H25NO3. The second kappa shape index (κ2) is 3.99. The van der Waals surface area contributed by atoms with Crippen LogP contribution in [-0.4, -0.2) is 17.5 Å². The van der Waals surface area contributed by atoms with E-state index in [9.17, 15) is 9.59 Å². The predicted molar refractivity (Wildman–Crippen MR) is 74.6 cm³/mol. The zero-order valence-electron chi connectivity index (χ0n) is 12.7. The fraction of sp³-hybridized carbons (Fsp3) is 0.875. The summed E-state index contributed by atoms with van der Waals surface area (Å²) in [5.74, 6) is 0.794. The Morgan fingerprint density at radius 3 is 2.55 bits per heavy atom. The fourth-order valence-corrected chi connectivity index (χ4v) is 5.31. The van der Waals surface area contributed by atoms with E-state index in [2.05, 4.69) is 0 Å². The van der Waals surface area contributed by atoms with Crippen molar-refractivity contribution >= 4 is 11.9 Å². The Balaban J connectivity index is 1.77. The SMILES string of the molecule is CC(C)(C)OC(=O)CC12CC3CC1CC(C(N)=O)(C3)C2. The number of carbonyl (C=O) groups excluding carboxylic acids is 2. The molecule has 0 heterocycles. The van der Waals surface area contributed by atoms with Crippen molar-refractivity contribution in [2.24, 2.45) is 28.4 Å². The summed E-state index contributed by atoms with van der Waals surface area (Å²) in [6.45, 7) is 5.68. The highest BCUT2D eigenvalue weighted by Gasteiger charge is 2.66. The molecule has 4 unspecified atom stereocenters. The molecule has 4 aliphatic rings. The minimum Gasteiger partial charge on any atom is -0.460 e. The van der Waals surface area contributed by atoms with E-state index in [1.54, 1.807) is 0 Å². The van der Waals surface area contributed by atoms with Gasteiger partial charge in [-0.05, 0) is 70.1 Å². The smallest absolute Gasteiger partial charge is 0.306 e. The van der Waals surface area contributed by atoms with Gasteiger partial charge in [0.05, 0.1) is 11.8 Å². The van der Waals surface area contributed by atoms with Gasteiger partial charge in [-0.3, -0.25) is 9.59 Å². The third-order valence-electron chi connectivity index (χ3n) is 5.63. The average Bonchev–Trinajstić information content (AvgIpc) is 2.58. The van der Waals surface area contributed by atoms with Crippen LogP contribution in [0.4, 0.5) is 0 Å². The highest BCUT2D eigenvalue weighted by atomic mass is 16.6. The van der Waals surface area contributed by atoms with Gasteiger partial charge in [-0.2, -0.15) is 0 Å². The molecule has 0 aromatic carbocycles. The number of esters is 1. The van der Waals surface area contributed by atoms with Crippen LogP contribution in [0, 0.1) is 22.7 Å². The van der Waals surface area contributed by atoms with E-state index in [0.29, 0.717) is 18.3 Å². The summed E-state index contributed by atoms with van der Waals surface area (Å²) in [7, 11) is 0. The van der Waals surface area contributed by atoms with Gasteiger partial charge in [-0.15, -0.1) is 0 Å². The predicted octanol–water partition coefficient (Wildman–Crippen LogP) is 2.40. The standard InChI is InChI=1S/C16H25NO3/c1-14(2,3)20-12(18)8-15-5-10-4-11(15)7-16(6-10,9-15)13(17)19/h10-11H,4-9H2,1-3H3,(H2,17,19). The molecule has 0 aromatic rings. The largest absolute Gasteiger partial charge is 0.460 e. The average molecular weight is 279 g/mol. The van der Waals surface area contributed by atoms with Crippen molar-refractivity contribution in [3.05, 3.63) is 0 Å². The Labute approximate surface area is 120 Å². The van der Waals surface area contributed by atoms with Gasteiger partial charge in [0.2, 0.25) is 5.91 Å². The first-order chi connectivity index (χ1) is 9.14. The first-order valence-corrected chi connectivity index (χ1v) is 7.66. The molecule has 4 bridgehead atoms. The lowest BCUT2D eigenvalue weighted by Crippen LogP contribution is -2.41. The van der Waals surface area contributed by atoms with Crippen molar-refractivity contribution in [1.29, 1.82) is 0 Å². The van der Waals surface area contributed by atoms with Gasteiger partial charge >= 0.3 is 5.97 Å². The van der Waals surface area contributed by atoms with Crippen LogP contribution in [0.5, 0.6) is 0 Å². The summed E-state index contributed by atoms with van der Waals surface area (Å²) in [4.78, 5) is 24.1. The molecule has 4 fully saturated rings. The van der Waals surface area contributed by atoms with Crippen LogP contribution in [0.15, 0.2) is 0 Å². The van der Waals surface area contributed by atoms with Crippen molar-refractivity contribution in [3.63, 3.8) is 0 Å². The van der Waals surface area contributed by atoms with Gasteiger partial charge in [0.15, 0.2) is 0 Å². The van der Waals surface area contributed by atoms with E-state index in [1.807, 2.05) is 20.8 Å². The number of nitrogens with two attached hydrogens (primary N) is 1. The molecule has 112 valence electrons. The van der Waals surface area contributed by atoms with Gasteiger partial charge in [-0.25, -0.2) is 0 Å². The lowest BCUT2D eigenvalue weighted by Gasteiger charge is -2.38. The van der Waals surface area contributed by atoms with Gasteiger partial charge in [-0.1, -0.05) is 0 Å². The summed E-state index contributed by atoms with van der Waals surface area (Å²) < 4.78 is 5.49. The van der Waals surface area contributed by atoms with Gasteiger partial charge in [0, 0.05) is 0 Å². The van der Waals surface area contributed by atoms with Crippen molar-refractivity contribution < 1.29 is 14.3 Å². The minimum absolute atomic E-state index is 0.0136. The molecule has 4 saturated carbocycles. The van der Waals surface area contributed by atoms with Crippen LogP contribution in [-0.2, 0) is 14.3 Å². The quantitative estimate of drug-likeness (QED) is 0.806. The molecule has 1 amide bonds. The third-order valence-corrected chi connectivity index (χ3v) is 5.63. The summed E-state index contributed by atoms with van der Waals surface area (Å²) in [5, 5.41) is 0. The highest BCUT2D eigenvalue weighted by Crippen LogP contribution is 2.71. The summed E-state index contributed by atoms with van der Waals surface area (Å²) >= 11 is 0. The Kier molecular flexibility index (Phi) is 2.77. The number of hydrogen-bond acceptors (Lipinski definition) is 3. The maximum absolute atomic E-state index is 12.2. The Bertz CT molecular complexity index is 467. The number of amides is 1. The Morgan fingerprint density at radius 2 is 1.95 bits per heavy atom. The van der Waals surface area contributed by atoms with Crippen molar-refractivity contribution in [3.8, 4) is 0 Å². The maximum atomic E-state index is 12.2. The molecule has 0 aromatic heterocycles. The normalized spacial score (nSPS) is 42.0. The molecular weight excluding hydrogens is 254 g/mol. The number of carbonyl (C=O) groups is 2. The minimum atomic E-state index is -0.440. The second-order valence-electron chi connectivity index (χ2n) is 8.36. The van der Waals surface area contributed by atoms with Crippen LogP contribution in [0.2, 0.25) is 0 Å². The van der Waals surface area contributed by atoms with E-state index >= 15 is 0 Å². The number of hydrogen-bond donors (Lipinski definition) is 1. The summed E-state index contributed by atoms with van der Waals surface area (Å²) in [6.07, 6.45) is 5.33. The summed E-state index contributed by atoms with van der Waals surface area (Å²) in [5.41, 5.74) is 4.88. The second-order valence-corrected chi connectivity index (χ2v) is 8.36. The monoisotopic (exact) mass is 279 g/mol. The van der Waals surface area contributed by atoms with Crippen molar-refractivity contribution in [2.45, 2.75) is 64.9 Å². The van der Waals surface area contributed by atoms with E-state index in [4.69, 9.17) is 10.5 Å². The van der Waals surface area contributed by atoms with Crippen LogP contribution in [0.3, 0.4) is 0 Å². The van der Waals surface area contributed by atoms with Crippen LogP contribution in [0.25, 0.3) is 0 Å². The zero-order valence-corrected chi connectivity index (χ0v) is 12.7. The molecule has 20 heavy (non-hydrogen) atoms. The lowest BCUT2D eigenvalue weighted by molar-refractivity contribution is -0.158. The van der Waals surface area contributed by atoms with E-state index < -0.39 is 5.60 Å². The van der Waals surface area contributed by atoms with Gasteiger partial charge < -0.3 is 10.5 Å². The van der Waals surface area contributed by atoms with Crippen LogP contribution >= 0.6 is 0 Å². The van der Waals surface area contributed by atoms with Crippen molar-refractivity contribution in [1.82, 2.24) is 0 Å². The first kappa shape index (κ1) is 13.9. The molecule has 2 N–H and O–H groups in total. The summed E-state index contributed by atoms with van der Waals surface area (Å²) in [6, 6.07) is 0. The maximum Gasteiger partial charge on any atom is 0.306 e. The number of ether oxygens (including phenoxy) is 1. The molecule has 0 aliphatic heterocycles. The topological polar surface area (TPSA) is 69.4 Å². The Hall–Kier alpha value is -1.06. The van der Waals surface area contributed by atoms with Gasteiger partial charge in [0.1, 0.15) is 5.60 Å². The Morgan fingerprint density at radius 1 is 1.25 bits per heavy atom. The first-order valence-electron chi connectivity index (χ1n) is 7.66. The fourth-order valence-electron chi connectivity index (χ4n) is 5.31. The molecule has 4 nitrogen and oxygen atoms in total. The van der Waals surface area contributed by atoms with Crippen molar-refractivity contribution in [2.75, 3.05) is 0 Å². The number of rotatable bonds is 3. The third kappa shape index (κ3) is 2.04. The molecule has 0 saturated heterocycles. The lowest BCUT2D eigenvalue weighted by atomic mass is 9.66. The van der Waals surface area contributed by atoms with E-state index in [1.165, 1.54) is 0 Å². The molecule has 4 aliphatic carbocycles. The highest BCUT2D eigenvalue weighted by molar-refractivity contribution is 5.82.